The molecule has 0 amide bonds. The van der Waals surface area contributed by atoms with E-state index in [1.807, 2.05) is 13.0 Å². The third-order valence-corrected chi connectivity index (χ3v) is 6.03. The van der Waals surface area contributed by atoms with Crippen LogP contribution in [0.4, 0.5) is 0 Å². The van der Waals surface area contributed by atoms with Crippen molar-refractivity contribution < 1.29 is 9.47 Å². The molecule has 4 rings (SSSR count). The molecule has 0 spiro atoms. The van der Waals surface area contributed by atoms with Crippen LogP contribution in [0, 0.1) is 0 Å². The molecule has 2 aliphatic heterocycles. The average molecular weight is 397 g/mol. The van der Waals surface area contributed by atoms with Crippen LogP contribution in [-0.4, -0.2) is 60.2 Å². The Kier molecular flexibility index (Phi) is 6.31. The first kappa shape index (κ1) is 20.1. The van der Waals surface area contributed by atoms with Gasteiger partial charge >= 0.3 is 0 Å². The van der Waals surface area contributed by atoms with Crippen LogP contribution >= 0.6 is 0 Å². The van der Waals surface area contributed by atoms with E-state index in [2.05, 4.69) is 35.2 Å². The molecule has 0 saturated carbocycles. The van der Waals surface area contributed by atoms with Crippen LogP contribution in [0.25, 0.3) is 0 Å². The highest BCUT2D eigenvalue weighted by molar-refractivity contribution is 5.43. The second kappa shape index (κ2) is 9.09. The van der Waals surface area contributed by atoms with Crippen LogP contribution in [0.2, 0.25) is 0 Å². The van der Waals surface area contributed by atoms with Crippen molar-refractivity contribution in [3.8, 4) is 11.5 Å². The number of likely N-dealkylation sites (N-methyl/N-ethyl adjacent to an activating group) is 1. The van der Waals surface area contributed by atoms with E-state index in [4.69, 9.17) is 19.4 Å². The summed E-state index contributed by atoms with van der Waals surface area (Å²) in [6.07, 6.45) is 5.34. The van der Waals surface area contributed by atoms with E-state index >= 15 is 0 Å². The Morgan fingerprint density at radius 3 is 2.72 bits per heavy atom. The molecule has 2 aliphatic rings. The second-order valence-corrected chi connectivity index (χ2v) is 8.16. The number of benzene rings is 1. The molecule has 1 aromatic carbocycles. The third kappa shape index (κ3) is 4.70. The smallest absolute Gasteiger partial charge is 0.161 e. The van der Waals surface area contributed by atoms with E-state index < -0.39 is 0 Å². The number of rotatable bonds is 6. The highest BCUT2D eigenvalue weighted by Gasteiger charge is 2.24. The molecule has 156 valence electrons. The number of nitrogens with zero attached hydrogens (tertiary/aromatic N) is 4. The molecule has 29 heavy (non-hydrogen) atoms. The predicted octanol–water partition coefficient (Wildman–Crippen LogP) is 3.25. The Morgan fingerprint density at radius 2 is 1.97 bits per heavy atom. The summed E-state index contributed by atoms with van der Waals surface area (Å²) in [6, 6.07) is 6.26. The lowest BCUT2D eigenvalue weighted by molar-refractivity contribution is 0.201. The molecule has 0 radical (unpaired) electrons. The molecule has 1 aromatic heterocycles. The predicted molar refractivity (Wildman–Crippen MR) is 113 cm³/mol. The molecule has 0 unspecified atom stereocenters. The largest absolute Gasteiger partial charge is 0.493 e. The topological polar surface area (TPSA) is 50.7 Å². The van der Waals surface area contributed by atoms with Crippen LogP contribution in [0.5, 0.6) is 11.5 Å². The van der Waals surface area contributed by atoms with Gasteiger partial charge in [-0.1, -0.05) is 6.07 Å². The van der Waals surface area contributed by atoms with Crippen molar-refractivity contribution in [2.24, 2.45) is 0 Å². The number of likely N-dealkylation sites (tertiary alicyclic amines) is 1. The maximum absolute atomic E-state index is 5.63. The molecule has 0 N–H and O–H groups in total. The van der Waals surface area contributed by atoms with Gasteiger partial charge in [0, 0.05) is 49.4 Å². The maximum Gasteiger partial charge on any atom is 0.161 e. The highest BCUT2D eigenvalue weighted by Crippen LogP contribution is 2.31. The molecular formula is C23H32N4O2. The summed E-state index contributed by atoms with van der Waals surface area (Å²) >= 11 is 0. The fourth-order valence-electron chi connectivity index (χ4n) is 4.36. The molecule has 6 heteroatoms. The van der Waals surface area contributed by atoms with Gasteiger partial charge in [-0.15, -0.1) is 0 Å². The zero-order valence-electron chi connectivity index (χ0n) is 17.9. The number of methoxy groups -OCH3 is 1. The Labute approximate surface area is 173 Å². The lowest BCUT2D eigenvalue weighted by Gasteiger charge is -2.32. The van der Waals surface area contributed by atoms with Gasteiger partial charge in [-0.3, -0.25) is 4.90 Å². The summed E-state index contributed by atoms with van der Waals surface area (Å²) in [6.45, 7) is 7.78. The number of piperidine rings is 1. The summed E-state index contributed by atoms with van der Waals surface area (Å²) in [7, 11) is 3.86. The Bertz CT molecular complexity index is 834. The first-order valence-electron chi connectivity index (χ1n) is 10.7. The Balaban J connectivity index is 1.35. The first-order chi connectivity index (χ1) is 14.2. The molecule has 6 nitrogen and oxygen atoms in total. The Hall–Kier alpha value is -2.18. The van der Waals surface area contributed by atoms with Gasteiger partial charge in [0.25, 0.3) is 0 Å². The molecule has 1 fully saturated rings. The van der Waals surface area contributed by atoms with Gasteiger partial charge in [-0.2, -0.15) is 0 Å². The van der Waals surface area contributed by atoms with E-state index in [-0.39, 0.29) is 0 Å². The summed E-state index contributed by atoms with van der Waals surface area (Å²) in [4.78, 5) is 14.5. The van der Waals surface area contributed by atoms with Crippen molar-refractivity contribution in [3.05, 3.63) is 47.0 Å². The molecule has 2 aromatic rings. The SMILES string of the molecule is CCOc1ccc(CN2CCC(c3ncc4c(n3)CCN(C)C4)CC2)cc1OC. The first-order valence-corrected chi connectivity index (χ1v) is 10.7. The van der Waals surface area contributed by atoms with E-state index in [0.717, 1.165) is 69.3 Å². The highest BCUT2D eigenvalue weighted by atomic mass is 16.5. The van der Waals surface area contributed by atoms with Gasteiger partial charge < -0.3 is 14.4 Å². The van der Waals surface area contributed by atoms with Crippen LogP contribution < -0.4 is 9.47 Å². The number of hydrogen-bond acceptors (Lipinski definition) is 6. The van der Waals surface area contributed by atoms with Crippen molar-refractivity contribution in [3.63, 3.8) is 0 Å². The van der Waals surface area contributed by atoms with Crippen molar-refractivity contribution >= 4 is 0 Å². The monoisotopic (exact) mass is 396 g/mol. The molecule has 0 bridgehead atoms. The van der Waals surface area contributed by atoms with Gasteiger partial charge in [0.15, 0.2) is 11.5 Å². The minimum atomic E-state index is 0.478. The minimum Gasteiger partial charge on any atom is -0.493 e. The fraction of sp³-hybridized carbons (Fsp3) is 0.565. The Morgan fingerprint density at radius 1 is 1.14 bits per heavy atom. The van der Waals surface area contributed by atoms with E-state index in [0.29, 0.717) is 12.5 Å². The average Bonchev–Trinajstić information content (AvgIpc) is 2.75. The minimum absolute atomic E-state index is 0.478. The van der Waals surface area contributed by atoms with Gasteiger partial charge in [0.1, 0.15) is 5.82 Å². The van der Waals surface area contributed by atoms with E-state index in [9.17, 15) is 0 Å². The van der Waals surface area contributed by atoms with Gasteiger partial charge in [0.05, 0.1) is 13.7 Å². The van der Waals surface area contributed by atoms with Crippen molar-refractivity contribution in [1.29, 1.82) is 0 Å². The number of ether oxygens (including phenoxy) is 2. The van der Waals surface area contributed by atoms with Gasteiger partial charge in [0.2, 0.25) is 0 Å². The standard InChI is InChI=1S/C23H32N4O2/c1-4-29-21-6-5-17(13-22(21)28-3)15-27-11-7-18(8-12-27)23-24-14-19-16-26(2)10-9-20(19)25-23/h5-6,13-14,18H,4,7-12,15-16H2,1-3H3. The lowest BCUT2D eigenvalue weighted by atomic mass is 9.95. The number of aromatic nitrogens is 2. The van der Waals surface area contributed by atoms with Crippen LogP contribution in [0.1, 0.15) is 48.3 Å². The van der Waals surface area contributed by atoms with E-state index in [1.165, 1.54) is 16.8 Å². The van der Waals surface area contributed by atoms with Crippen molar-refractivity contribution in [2.45, 2.75) is 45.2 Å². The summed E-state index contributed by atoms with van der Waals surface area (Å²) in [5.41, 5.74) is 3.82. The molecule has 1 saturated heterocycles. The quantitative estimate of drug-likeness (QED) is 0.747. The number of fused-ring (bicyclic) bond motifs is 1. The molecule has 0 aliphatic carbocycles. The summed E-state index contributed by atoms with van der Waals surface area (Å²) in [5.74, 6) is 3.15. The van der Waals surface area contributed by atoms with E-state index in [1.54, 1.807) is 7.11 Å². The number of hydrogen-bond donors (Lipinski definition) is 0. The molecule has 0 atom stereocenters. The zero-order chi connectivity index (χ0) is 20.2. The lowest BCUT2D eigenvalue weighted by Crippen LogP contribution is -2.33. The molecular weight excluding hydrogens is 364 g/mol. The summed E-state index contributed by atoms with van der Waals surface area (Å²) < 4.78 is 11.1. The van der Waals surface area contributed by atoms with Crippen LogP contribution in [0.15, 0.2) is 24.4 Å². The molecule has 3 heterocycles. The third-order valence-electron chi connectivity index (χ3n) is 6.03. The maximum atomic E-state index is 5.63. The second-order valence-electron chi connectivity index (χ2n) is 8.16. The van der Waals surface area contributed by atoms with Gasteiger partial charge in [-0.25, -0.2) is 9.97 Å². The fourth-order valence-corrected chi connectivity index (χ4v) is 4.36. The van der Waals surface area contributed by atoms with Crippen LogP contribution in [0.3, 0.4) is 0 Å². The summed E-state index contributed by atoms with van der Waals surface area (Å²) in [5, 5.41) is 0. The van der Waals surface area contributed by atoms with Gasteiger partial charge in [-0.05, 0) is 57.6 Å². The van der Waals surface area contributed by atoms with Crippen molar-refractivity contribution in [1.82, 2.24) is 19.8 Å². The zero-order valence-corrected chi connectivity index (χ0v) is 17.9. The normalized spacial score (nSPS) is 18.4. The van der Waals surface area contributed by atoms with Crippen LogP contribution in [-0.2, 0) is 19.5 Å². The van der Waals surface area contributed by atoms with Crippen molar-refractivity contribution in [2.75, 3.05) is 40.4 Å².